The Bertz CT molecular complexity index is 152. The highest BCUT2D eigenvalue weighted by Gasteiger charge is 2.25. The highest BCUT2D eigenvalue weighted by molar-refractivity contribution is 5.73. The van der Waals surface area contributed by atoms with E-state index in [-0.39, 0.29) is 11.9 Å². The van der Waals surface area contributed by atoms with Crippen molar-refractivity contribution in [2.24, 2.45) is 5.92 Å². The lowest BCUT2D eigenvalue weighted by Crippen LogP contribution is -2.06. The largest absolute Gasteiger partial charge is 0.465 e. The molecule has 0 amide bonds. The molecule has 1 rings (SSSR count). The Balaban J connectivity index is 2.15. The van der Waals surface area contributed by atoms with Crippen molar-refractivity contribution in [3.63, 3.8) is 0 Å². The molecule has 0 N–H and O–H groups in total. The van der Waals surface area contributed by atoms with Crippen LogP contribution < -0.4 is 0 Å². The number of esters is 1. The normalized spacial score (nSPS) is 23.3. The molecule has 62 valence electrons. The average molecular weight is 154 g/mol. The second kappa shape index (κ2) is 4.16. The molecule has 2 nitrogen and oxygen atoms in total. The summed E-state index contributed by atoms with van der Waals surface area (Å²) in [6.07, 6.45) is 5.83. The van der Waals surface area contributed by atoms with E-state index < -0.39 is 0 Å². The lowest BCUT2D eigenvalue weighted by Gasteiger charge is -2.01. The van der Waals surface area contributed by atoms with E-state index in [4.69, 9.17) is 4.74 Å². The van der Waals surface area contributed by atoms with Crippen LogP contribution in [0.2, 0.25) is 0 Å². The summed E-state index contributed by atoms with van der Waals surface area (Å²) in [7, 11) is 0. The first-order valence-electron chi connectivity index (χ1n) is 4.12. The lowest BCUT2D eigenvalue weighted by molar-refractivity contribution is -0.141. The first-order chi connectivity index (χ1) is 5.34. The minimum absolute atomic E-state index is 0.00550. The van der Waals surface area contributed by atoms with Crippen molar-refractivity contribution in [2.45, 2.75) is 25.7 Å². The number of rotatable bonds is 4. The third kappa shape index (κ3) is 2.37. The van der Waals surface area contributed by atoms with Crippen LogP contribution in [-0.2, 0) is 9.53 Å². The van der Waals surface area contributed by atoms with Crippen molar-refractivity contribution in [1.29, 1.82) is 0 Å². The molecule has 0 radical (unpaired) electrons. The fraction of sp³-hybridized carbons (Fsp3) is 0.667. The number of ether oxygens (including phenoxy) is 1. The van der Waals surface area contributed by atoms with E-state index >= 15 is 0 Å². The molecule has 1 atom stereocenters. The zero-order valence-corrected chi connectivity index (χ0v) is 6.71. The number of unbranched alkanes of at least 4 members (excludes halogenated alkanes) is 1. The molecule has 11 heavy (non-hydrogen) atoms. The standard InChI is InChI=1S/C9H14O2/c1-2-3-4-5-8-6-7-11-9(8)10/h2,8H,1,3-7H2/t8-/m1/s1. The first kappa shape index (κ1) is 8.31. The summed E-state index contributed by atoms with van der Waals surface area (Å²) in [6, 6.07) is 0. The van der Waals surface area contributed by atoms with Crippen LogP contribution >= 0.6 is 0 Å². The Morgan fingerprint density at radius 3 is 3.09 bits per heavy atom. The highest BCUT2D eigenvalue weighted by atomic mass is 16.5. The minimum Gasteiger partial charge on any atom is -0.465 e. The van der Waals surface area contributed by atoms with Gasteiger partial charge in [0.05, 0.1) is 12.5 Å². The summed E-state index contributed by atoms with van der Waals surface area (Å²) in [5.74, 6) is 0.170. The van der Waals surface area contributed by atoms with E-state index in [2.05, 4.69) is 6.58 Å². The quantitative estimate of drug-likeness (QED) is 0.351. The van der Waals surface area contributed by atoms with Crippen LogP contribution in [0, 0.1) is 5.92 Å². The van der Waals surface area contributed by atoms with Crippen LogP contribution in [0.4, 0.5) is 0 Å². The van der Waals surface area contributed by atoms with Gasteiger partial charge in [0.1, 0.15) is 0 Å². The molecule has 2 heteroatoms. The summed E-state index contributed by atoms with van der Waals surface area (Å²) in [4.78, 5) is 10.9. The Labute approximate surface area is 67.2 Å². The SMILES string of the molecule is C=CCCC[C@@H]1CCOC1=O. The van der Waals surface area contributed by atoms with Crippen LogP contribution in [0.5, 0.6) is 0 Å². The number of hydrogen-bond donors (Lipinski definition) is 0. The monoisotopic (exact) mass is 154 g/mol. The van der Waals surface area contributed by atoms with Gasteiger partial charge in [-0.3, -0.25) is 4.79 Å². The van der Waals surface area contributed by atoms with E-state index in [1.165, 1.54) is 0 Å². The van der Waals surface area contributed by atoms with Crippen LogP contribution in [0.3, 0.4) is 0 Å². The zero-order chi connectivity index (χ0) is 8.10. The maximum absolute atomic E-state index is 10.9. The number of cyclic esters (lactones) is 1. The minimum atomic E-state index is -0.00550. The zero-order valence-electron chi connectivity index (χ0n) is 6.71. The molecular weight excluding hydrogens is 140 g/mol. The van der Waals surface area contributed by atoms with Gasteiger partial charge in [-0.25, -0.2) is 0 Å². The van der Waals surface area contributed by atoms with Crippen LogP contribution in [-0.4, -0.2) is 12.6 Å². The number of carbonyl (C=O) groups excluding carboxylic acids is 1. The third-order valence-electron chi connectivity index (χ3n) is 2.00. The predicted molar refractivity (Wildman–Crippen MR) is 43.1 cm³/mol. The molecule has 0 aromatic carbocycles. The summed E-state index contributed by atoms with van der Waals surface area (Å²) in [6.45, 7) is 4.25. The molecule has 1 aliphatic heterocycles. The van der Waals surface area contributed by atoms with Gasteiger partial charge in [-0.2, -0.15) is 0 Å². The molecule has 0 bridgehead atoms. The summed E-state index contributed by atoms with van der Waals surface area (Å²) in [5.41, 5.74) is 0. The van der Waals surface area contributed by atoms with Crippen LogP contribution in [0.1, 0.15) is 25.7 Å². The topological polar surface area (TPSA) is 26.3 Å². The number of carbonyl (C=O) groups is 1. The van der Waals surface area contributed by atoms with Gasteiger partial charge in [-0.1, -0.05) is 6.08 Å². The second-order valence-corrected chi connectivity index (χ2v) is 2.87. The molecule has 1 saturated heterocycles. The molecule has 0 saturated carbocycles. The van der Waals surface area contributed by atoms with Crippen molar-refractivity contribution in [3.05, 3.63) is 12.7 Å². The van der Waals surface area contributed by atoms with Gasteiger partial charge in [0.15, 0.2) is 0 Å². The Morgan fingerprint density at radius 1 is 1.73 bits per heavy atom. The van der Waals surface area contributed by atoms with E-state index in [1.807, 2.05) is 6.08 Å². The molecular formula is C9H14O2. The van der Waals surface area contributed by atoms with Gasteiger partial charge >= 0.3 is 5.97 Å². The molecule has 0 aromatic rings. The van der Waals surface area contributed by atoms with Gasteiger partial charge in [0.2, 0.25) is 0 Å². The Kier molecular flexibility index (Phi) is 3.14. The van der Waals surface area contributed by atoms with Crippen molar-refractivity contribution in [1.82, 2.24) is 0 Å². The van der Waals surface area contributed by atoms with Crippen molar-refractivity contribution in [2.75, 3.05) is 6.61 Å². The van der Waals surface area contributed by atoms with Crippen molar-refractivity contribution in [3.8, 4) is 0 Å². The van der Waals surface area contributed by atoms with Gasteiger partial charge < -0.3 is 4.74 Å². The fourth-order valence-corrected chi connectivity index (χ4v) is 1.31. The van der Waals surface area contributed by atoms with Gasteiger partial charge in [0, 0.05) is 0 Å². The molecule has 0 aliphatic carbocycles. The van der Waals surface area contributed by atoms with Crippen molar-refractivity contribution >= 4 is 5.97 Å². The Hall–Kier alpha value is -0.790. The highest BCUT2D eigenvalue weighted by Crippen LogP contribution is 2.20. The first-order valence-corrected chi connectivity index (χ1v) is 4.12. The van der Waals surface area contributed by atoms with Crippen LogP contribution in [0.25, 0.3) is 0 Å². The lowest BCUT2D eigenvalue weighted by atomic mass is 10.0. The van der Waals surface area contributed by atoms with E-state index in [0.717, 1.165) is 25.7 Å². The van der Waals surface area contributed by atoms with E-state index in [1.54, 1.807) is 0 Å². The van der Waals surface area contributed by atoms with E-state index in [9.17, 15) is 4.79 Å². The van der Waals surface area contributed by atoms with Gasteiger partial charge in [-0.15, -0.1) is 6.58 Å². The summed E-state index contributed by atoms with van der Waals surface area (Å²) < 4.78 is 4.83. The summed E-state index contributed by atoms with van der Waals surface area (Å²) >= 11 is 0. The third-order valence-corrected chi connectivity index (χ3v) is 2.00. The molecule has 1 heterocycles. The van der Waals surface area contributed by atoms with Crippen LogP contribution in [0.15, 0.2) is 12.7 Å². The molecule has 1 fully saturated rings. The number of hydrogen-bond acceptors (Lipinski definition) is 2. The average Bonchev–Trinajstić information content (AvgIpc) is 2.37. The molecule has 0 spiro atoms. The fourth-order valence-electron chi connectivity index (χ4n) is 1.31. The Morgan fingerprint density at radius 2 is 2.55 bits per heavy atom. The predicted octanol–water partition coefficient (Wildman–Crippen LogP) is 1.91. The molecule has 0 aromatic heterocycles. The second-order valence-electron chi connectivity index (χ2n) is 2.87. The smallest absolute Gasteiger partial charge is 0.309 e. The maximum atomic E-state index is 10.9. The van der Waals surface area contributed by atoms with Crippen molar-refractivity contribution < 1.29 is 9.53 Å². The maximum Gasteiger partial charge on any atom is 0.309 e. The van der Waals surface area contributed by atoms with Gasteiger partial charge in [-0.05, 0) is 25.7 Å². The summed E-state index contributed by atoms with van der Waals surface area (Å²) in [5, 5.41) is 0. The molecule has 1 aliphatic rings. The molecule has 0 unspecified atom stereocenters. The van der Waals surface area contributed by atoms with Gasteiger partial charge in [0.25, 0.3) is 0 Å². The van der Waals surface area contributed by atoms with E-state index in [0.29, 0.717) is 6.61 Å². The number of allylic oxidation sites excluding steroid dienone is 1.